The van der Waals surface area contributed by atoms with Crippen molar-refractivity contribution in [1.29, 1.82) is 0 Å². The molecule has 3 heteroatoms. The maximum Gasteiger partial charge on any atom is 0.0729 e. The van der Waals surface area contributed by atoms with Crippen LogP contribution >= 0.6 is 11.3 Å². The van der Waals surface area contributed by atoms with E-state index < -0.39 is 0 Å². The summed E-state index contributed by atoms with van der Waals surface area (Å²) in [4.78, 5) is 1.34. The smallest absolute Gasteiger partial charge is 0.0729 e. The number of nitrogens with two attached hydrogens (primary N) is 2. The number of anilines is 2. The summed E-state index contributed by atoms with van der Waals surface area (Å²) in [6.45, 7) is 0. The zero-order chi connectivity index (χ0) is 10.4. The minimum Gasteiger partial charge on any atom is -0.397 e. The van der Waals surface area contributed by atoms with E-state index in [-0.39, 0.29) is 0 Å². The summed E-state index contributed by atoms with van der Waals surface area (Å²) in [5, 5.41) is 1.28. The van der Waals surface area contributed by atoms with Gasteiger partial charge in [0.15, 0.2) is 0 Å². The van der Waals surface area contributed by atoms with E-state index in [1.165, 1.54) is 15.8 Å². The highest BCUT2D eigenvalue weighted by Gasteiger charge is 2.14. The number of hydrogen-bond acceptors (Lipinski definition) is 3. The molecule has 0 spiro atoms. The second-order valence-electron chi connectivity index (χ2n) is 3.83. The van der Waals surface area contributed by atoms with E-state index in [1.54, 1.807) is 11.3 Å². The number of aryl methyl sites for hydroxylation is 1. The minimum atomic E-state index is 0.685. The summed E-state index contributed by atoms with van der Waals surface area (Å²) in [6.07, 6.45) is 6.66. The van der Waals surface area contributed by atoms with Crippen molar-refractivity contribution in [1.82, 2.24) is 0 Å². The van der Waals surface area contributed by atoms with Crippen molar-refractivity contribution >= 4 is 38.9 Å². The number of benzene rings is 1. The van der Waals surface area contributed by atoms with Crippen LogP contribution in [0.4, 0.5) is 11.4 Å². The van der Waals surface area contributed by atoms with E-state index in [0.717, 1.165) is 23.2 Å². The van der Waals surface area contributed by atoms with Crippen LogP contribution in [-0.2, 0) is 6.42 Å². The van der Waals surface area contributed by atoms with Crippen LogP contribution in [0.15, 0.2) is 18.2 Å². The Morgan fingerprint density at radius 3 is 2.93 bits per heavy atom. The zero-order valence-electron chi connectivity index (χ0n) is 8.29. The number of nitrogen functional groups attached to an aromatic ring is 2. The van der Waals surface area contributed by atoms with Gasteiger partial charge >= 0.3 is 0 Å². The number of allylic oxidation sites excluding steroid dienone is 1. The van der Waals surface area contributed by atoms with E-state index in [1.807, 2.05) is 6.07 Å². The minimum absolute atomic E-state index is 0.685. The lowest BCUT2D eigenvalue weighted by Crippen LogP contribution is -1.94. The van der Waals surface area contributed by atoms with Crippen LogP contribution < -0.4 is 11.5 Å². The fourth-order valence-electron chi connectivity index (χ4n) is 2.08. The van der Waals surface area contributed by atoms with Crippen LogP contribution in [0.2, 0.25) is 0 Å². The van der Waals surface area contributed by atoms with E-state index in [2.05, 4.69) is 18.2 Å². The molecule has 3 rings (SSSR count). The van der Waals surface area contributed by atoms with Gasteiger partial charge in [-0.1, -0.05) is 12.1 Å². The molecular weight excluding hydrogens is 204 g/mol. The monoisotopic (exact) mass is 216 g/mol. The number of hydrogen-bond donors (Lipinski definition) is 2. The molecule has 0 unspecified atom stereocenters. The Labute approximate surface area is 92.2 Å². The second-order valence-corrected chi connectivity index (χ2v) is 4.88. The summed E-state index contributed by atoms with van der Waals surface area (Å²) >= 11 is 1.75. The van der Waals surface area contributed by atoms with Gasteiger partial charge in [0.05, 0.1) is 16.1 Å². The molecule has 0 radical (unpaired) electrons. The molecule has 1 heterocycles. The first-order valence-electron chi connectivity index (χ1n) is 5.03. The van der Waals surface area contributed by atoms with Gasteiger partial charge in [-0.05, 0) is 35.9 Å². The van der Waals surface area contributed by atoms with E-state index in [9.17, 15) is 0 Å². The molecule has 0 saturated carbocycles. The largest absolute Gasteiger partial charge is 0.397 e. The average molecular weight is 216 g/mol. The average Bonchev–Trinajstić information content (AvgIpc) is 2.63. The fourth-order valence-corrected chi connectivity index (χ4v) is 3.33. The van der Waals surface area contributed by atoms with Crippen molar-refractivity contribution in [2.75, 3.05) is 11.5 Å². The number of thiophene rings is 1. The van der Waals surface area contributed by atoms with E-state index in [4.69, 9.17) is 11.5 Å². The number of rotatable bonds is 0. The van der Waals surface area contributed by atoms with Crippen molar-refractivity contribution in [3.8, 4) is 0 Å². The Morgan fingerprint density at radius 2 is 2.07 bits per heavy atom. The lowest BCUT2D eigenvalue weighted by atomic mass is 10.0. The molecule has 76 valence electrons. The third-order valence-corrected chi connectivity index (χ3v) is 4.14. The molecule has 2 nitrogen and oxygen atoms in total. The Morgan fingerprint density at radius 1 is 1.20 bits per heavy atom. The molecule has 1 aromatic heterocycles. The lowest BCUT2D eigenvalue weighted by Gasteiger charge is -2.05. The summed E-state index contributed by atoms with van der Waals surface area (Å²) in [7, 11) is 0. The molecule has 1 aliphatic carbocycles. The van der Waals surface area contributed by atoms with E-state index in [0.29, 0.717) is 5.69 Å². The molecule has 4 N–H and O–H groups in total. The van der Waals surface area contributed by atoms with Gasteiger partial charge in [-0.25, -0.2) is 0 Å². The summed E-state index contributed by atoms with van der Waals surface area (Å²) < 4.78 is 1.14. The van der Waals surface area contributed by atoms with Gasteiger partial charge < -0.3 is 11.5 Å². The summed E-state index contributed by atoms with van der Waals surface area (Å²) in [5.74, 6) is 0. The first kappa shape index (κ1) is 8.80. The summed E-state index contributed by atoms with van der Waals surface area (Å²) in [6, 6.07) is 4.00. The van der Waals surface area contributed by atoms with Crippen LogP contribution in [0.1, 0.15) is 16.9 Å². The van der Waals surface area contributed by atoms with Gasteiger partial charge in [0.2, 0.25) is 0 Å². The Hall–Kier alpha value is -1.48. The van der Waals surface area contributed by atoms with Crippen molar-refractivity contribution in [2.45, 2.75) is 12.8 Å². The Bertz CT molecular complexity index is 566. The van der Waals surface area contributed by atoms with Crippen LogP contribution in [0, 0.1) is 0 Å². The molecule has 0 fully saturated rings. The molecule has 2 aromatic rings. The molecule has 0 atom stereocenters. The Kier molecular flexibility index (Phi) is 1.76. The molecule has 1 aliphatic rings. The molecular formula is C12H12N2S. The van der Waals surface area contributed by atoms with E-state index >= 15 is 0 Å². The molecule has 0 saturated heterocycles. The van der Waals surface area contributed by atoms with Crippen molar-refractivity contribution in [3.63, 3.8) is 0 Å². The molecule has 0 aliphatic heterocycles. The van der Waals surface area contributed by atoms with Crippen molar-refractivity contribution in [2.24, 2.45) is 0 Å². The van der Waals surface area contributed by atoms with Gasteiger partial charge in [-0.15, -0.1) is 11.3 Å². The van der Waals surface area contributed by atoms with Crippen LogP contribution in [-0.4, -0.2) is 0 Å². The predicted molar refractivity (Wildman–Crippen MR) is 68.0 cm³/mol. The summed E-state index contributed by atoms with van der Waals surface area (Å²) in [5.41, 5.74) is 14.7. The standard InChI is InChI=1S/C12H12N2S/c13-9-6-5-8-7-3-1-2-4-10(7)15-12(8)11(9)14/h2,4-6H,1,3,13-14H2. The molecule has 15 heavy (non-hydrogen) atoms. The topological polar surface area (TPSA) is 52.0 Å². The molecule has 0 bridgehead atoms. The van der Waals surface area contributed by atoms with Gasteiger partial charge in [0.25, 0.3) is 0 Å². The second kappa shape index (κ2) is 3.00. The maximum absolute atomic E-state index is 5.99. The van der Waals surface area contributed by atoms with Crippen molar-refractivity contribution in [3.05, 3.63) is 28.6 Å². The van der Waals surface area contributed by atoms with Gasteiger partial charge in [0, 0.05) is 4.88 Å². The molecule has 1 aromatic carbocycles. The number of fused-ring (bicyclic) bond motifs is 3. The highest BCUT2D eigenvalue weighted by Crippen LogP contribution is 2.40. The molecule has 0 amide bonds. The van der Waals surface area contributed by atoms with Gasteiger partial charge in [-0.3, -0.25) is 0 Å². The van der Waals surface area contributed by atoms with Gasteiger partial charge in [-0.2, -0.15) is 0 Å². The van der Waals surface area contributed by atoms with Crippen LogP contribution in [0.3, 0.4) is 0 Å². The van der Waals surface area contributed by atoms with Crippen LogP contribution in [0.25, 0.3) is 16.2 Å². The first-order chi connectivity index (χ1) is 7.27. The SMILES string of the molecule is Nc1ccc2c3c(sc2c1N)C=CCC3. The lowest BCUT2D eigenvalue weighted by molar-refractivity contribution is 1.01. The predicted octanol–water partition coefficient (Wildman–Crippen LogP) is 3.03. The third kappa shape index (κ3) is 1.16. The highest BCUT2D eigenvalue weighted by atomic mass is 32.1. The first-order valence-corrected chi connectivity index (χ1v) is 5.85. The van der Waals surface area contributed by atoms with Crippen molar-refractivity contribution < 1.29 is 0 Å². The Balaban J connectivity index is 2.42. The zero-order valence-corrected chi connectivity index (χ0v) is 9.10. The normalized spacial score (nSPS) is 14.4. The van der Waals surface area contributed by atoms with Crippen LogP contribution in [0.5, 0.6) is 0 Å². The third-order valence-electron chi connectivity index (χ3n) is 2.89. The maximum atomic E-state index is 5.99. The van der Waals surface area contributed by atoms with Gasteiger partial charge in [0.1, 0.15) is 0 Å². The highest BCUT2D eigenvalue weighted by molar-refractivity contribution is 7.20. The quantitative estimate of drug-likeness (QED) is 0.665. The fraction of sp³-hybridized carbons (Fsp3) is 0.167.